The minimum absolute atomic E-state index is 0.0313. The zero-order chi connectivity index (χ0) is 15.8. The second-order valence-corrected chi connectivity index (χ2v) is 4.54. The number of carbonyl (C=O) groups is 2. The smallest absolute Gasteiger partial charge is 0.238 e. The number of benzene rings is 1. The molecule has 0 spiro atoms. The molecule has 21 heavy (non-hydrogen) atoms. The number of hydrogen-bond acceptors (Lipinski definition) is 4. The van der Waals surface area contributed by atoms with Gasteiger partial charge in [0.05, 0.1) is 24.5 Å². The summed E-state index contributed by atoms with van der Waals surface area (Å²) in [5.74, 6) is -0.968. The lowest BCUT2D eigenvalue weighted by Crippen LogP contribution is -2.41. The summed E-state index contributed by atoms with van der Waals surface area (Å²) < 4.78 is 13.1. The molecule has 0 heterocycles. The van der Waals surface area contributed by atoms with Crippen molar-refractivity contribution in [3.8, 4) is 0 Å². The van der Waals surface area contributed by atoms with E-state index in [1.807, 2.05) is 13.8 Å². The van der Waals surface area contributed by atoms with E-state index in [0.29, 0.717) is 13.1 Å². The van der Waals surface area contributed by atoms with Crippen LogP contribution in [0, 0.1) is 5.82 Å². The van der Waals surface area contributed by atoms with Gasteiger partial charge in [0.1, 0.15) is 5.82 Å². The molecule has 0 aliphatic heterocycles. The first-order chi connectivity index (χ1) is 9.96. The van der Waals surface area contributed by atoms with Crippen LogP contribution in [0.25, 0.3) is 0 Å². The van der Waals surface area contributed by atoms with Crippen molar-refractivity contribution in [1.82, 2.24) is 10.2 Å². The molecule has 0 aliphatic carbocycles. The lowest BCUT2D eigenvalue weighted by Gasteiger charge is -2.19. The van der Waals surface area contributed by atoms with Crippen LogP contribution in [0.3, 0.4) is 0 Å². The normalized spacial score (nSPS) is 10.5. The molecule has 0 bridgehead atoms. The summed E-state index contributed by atoms with van der Waals surface area (Å²) in [7, 11) is 0. The molecule has 0 aromatic heterocycles. The third-order valence-corrected chi connectivity index (χ3v) is 2.85. The molecule has 0 saturated heterocycles. The molecule has 1 aromatic carbocycles. The van der Waals surface area contributed by atoms with Crippen LogP contribution < -0.4 is 16.4 Å². The first kappa shape index (κ1) is 16.9. The van der Waals surface area contributed by atoms with E-state index in [0.717, 1.165) is 6.07 Å². The Morgan fingerprint density at radius 2 is 1.90 bits per heavy atom. The maximum absolute atomic E-state index is 13.1. The molecule has 0 unspecified atom stereocenters. The highest BCUT2D eigenvalue weighted by Crippen LogP contribution is 2.18. The van der Waals surface area contributed by atoms with Crippen molar-refractivity contribution >= 4 is 23.2 Å². The van der Waals surface area contributed by atoms with Gasteiger partial charge in [-0.1, -0.05) is 6.92 Å². The summed E-state index contributed by atoms with van der Waals surface area (Å²) in [6.45, 7) is 4.93. The van der Waals surface area contributed by atoms with E-state index in [-0.39, 0.29) is 36.3 Å². The van der Waals surface area contributed by atoms with Crippen molar-refractivity contribution in [2.24, 2.45) is 0 Å². The Morgan fingerprint density at radius 1 is 1.24 bits per heavy atom. The average molecular weight is 296 g/mol. The number of halogens is 1. The van der Waals surface area contributed by atoms with Crippen molar-refractivity contribution in [3.63, 3.8) is 0 Å². The second-order valence-electron chi connectivity index (χ2n) is 4.54. The third kappa shape index (κ3) is 5.78. The average Bonchev–Trinajstić information content (AvgIpc) is 2.42. The predicted octanol–water partition coefficient (Wildman–Crippen LogP) is 0.804. The molecule has 6 nitrogen and oxygen atoms in total. The molecule has 0 saturated carbocycles. The Balaban J connectivity index is 2.58. The van der Waals surface area contributed by atoms with Crippen LogP contribution in [-0.4, -0.2) is 42.9 Å². The SMILES string of the molecule is CCNC(=O)CN(CC)CC(=O)Nc1cc(F)ccc1N. The molecule has 0 radical (unpaired) electrons. The largest absolute Gasteiger partial charge is 0.397 e. The number of nitrogen functional groups attached to an aromatic ring is 1. The van der Waals surface area contributed by atoms with Gasteiger partial charge in [0.15, 0.2) is 0 Å². The minimum atomic E-state index is -0.478. The van der Waals surface area contributed by atoms with E-state index in [2.05, 4.69) is 10.6 Å². The Kier molecular flexibility index (Phi) is 6.61. The highest BCUT2D eigenvalue weighted by atomic mass is 19.1. The standard InChI is InChI=1S/C14H21FN4O2/c1-3-17-13(20)8-19(4-2)9-14(21)18-12-7-10(15)5-6-11(12)16/h5-7H,3-4,8-9,16H2,1-2H3,(H,17,20)(H,18,21). The number of anilines is 2. The zero-order valence-electron chi connectivity index (χ0n) is 12.3. The topological polar surface area (TPSA) is 87.5 Å². The van der Waals surface area contributed by atoms with E-state index in [1.54, 1.807) is 4.90 Å². The van der Waals surface area contributed by atoms with E-state index in [4.69, 9.17) is 5.73 Å². The third-order valence-electron chi connectivity index (χ3n) is 2.85. The van der Waals surface area contributed by atoms with Gasteiger partial charge in [-0.3, -0.25) is 14.5 Å². The Bertz CT molecular complexity index is 508. The van der Waals surface area contributed by atoms with Crippen molar-refractivity contribution in [1.29, 1.82) is 0 Å². The van der Waals surface area contributed by atoms with Gasteiger partial charge >= 0.3 is 0 Å². The molecule has 0 aliphatic rings. The van der Waals surface area contributed by atoms with Gasteiger partial charge in [0.2, 0.25) is 11.8 Å². The Hall–Kier alpha value is -2.15. The predicted molar refractivity (Wildman–Crippen MR) is 80.2 cm³/mol. The summed E-state index contributed by atoms with van der Waals surface area (Å²) in [5, 5.41) is 5.21. The molecule has 116 valence electrons. The molecule has 1 aromatic rings. The van der Waals surface area contributed by atoms with E-state index in [1.165, 1.54) is 12.1 Å². The van der Waals surface area contributed by atoms with Crippen LogP contribution in [0.4, 0.5) is 15.8 Å². The Morgan fingerprint density at radius 3 is 2.52 bits per heavy atom. The van der Waals surface area contributed by atoms with Gasteiger partial charge in [-0.05, 0) is 31.7 Å². The number of carbonyl (C=O) groups excluding carboxylic acids is 2. The van der Waals surface area contributed by atoms with Crippen molar-refractivity contribution in [2.75, 3.05) is 37.2 Å². The fourth-order valence-corrected chi connectivity index (χ4v) is 1.77. The van der Waals surface area contributed by atoms with Gasteiger partial charge in [-0.15, -0.1) is 0 Å². The van der Waals surface area contributed by atoms with Gasteiger partial charge in [0, 0.05) is 6.54 Å². The summed E-state index contributed by atoms with van der Waals surface area (Å²) in [5.41, 5.74) is 6.18. The molecule has 1 rings (SSSR count). The number of nitrogens with one attached hydrogen (secondary N) is 2. The van der Waals surface area contributed by atoms with Gasteiger partial charge < -0.3 is 16.4 Å². The second kappa shape index (κ2) is 8.21. The maximum atomic E-state index is 13.1. The van der Waals surface area contributed by atoms with Crippen molar-refractivity contribution in [2.45, 2.75) is 13.8 Å². The highest BCUT2D eigenvalue weighted by molar-refractivity contribution is 5.95. The first-order valence-electron chi connectivity index (χ1n) is 6.80. The summed E-state index contributed by atoms with van der Waals surface area (Å²) in [4.78, 5) is 25.1. The fourth-order valence-electron chi connectivity index (χ4n) is 1.77. The number of nitrogens with zero attached hydrogens (tertiary/aromatic N) is 1. The van der Waals surface area contributed by atoms with Gasteiger partial charge in [-0.25, -0.2) is 4.39 Å². The fraction of sp³-hybridized carbons (Fsp3) is 0.429. The molecule has 7 heteroatoms. The van der Waals surface area contributed by atoms with E-state index >= 15 is 0 Å². The van der Waals surface area contributed by atoms with E-state index < -0.39 is 5.82 Å². The van der Waals surface area contributed by atoms with Crippen LogP contribution in [0.1, 0.15) is 13.8 Å². The number of hydrogen-bond donors (Lipinski definition) is 3. The molecule has 4 N–H and O–H groups in total. The quantitative estimate of drug-likeness (QED) is 0.650. The first-order valence-corrected chi connectivity index (χ1v) is 6.80. The Labute approximate surface area is 123 Å². The lowest BCUT2D eigenvalue weighted by atomic mass is 10.2. The molecular formula is C14H21FN4O2. The minimum Gasteiger partial charge on any atom is -0.397 e. The van der Waals surface area contributed by atoms with Crippen molar-refractivity contribution in [3.05, 3.63) is 24.0 Å². The number of rotatable bonds is 7. The van der Waals surface area contributed by atoms with Crippen LogP contribution in [0.5, 0.6) is 0 Å². The monoisotopic (exact) mass is 296 g/mol. The van der Waals surface area contributed by atoms with Crippen LogP contribution >= 0.6 is 0 Å². The maximum Gasteiger partial charge on any atom is 0.238 e. The van der Waals surface area contributed by atoms with Crippen molar-refractivity contribution < 1.29 is 14.0 Å². The lowest BCUT2D eigenvalue weighted by molar-refractivity contribution is -0.123. The summed E-state index contributed by atoms with van der Waals surface area (Å²) in [6.07, 6.45) is 0. The van der Waals surface area contributed by atoms with Crippen LogP contribution in [0.2, 0.25) is 0 Å². The van der Waals surface area contributed by atoms with Gasteiger partial charge in [0.25, 0.3) is 0 Å². The molecule has 0 atom stereocenters. The summed E-state index contributed by atoms with van der Waals surface area (Å²) in [6, 6.07) is 3.77. The molecule has 2 amide bonds. The number of nitrogens with two attached hydrogens (primary N) is 1. The molecular weight excluding hydrogens is 275 g/mol. The number of amides is 2. The molecule has 0 fully saturated rings. The van der Waals surface area contributed by atoms with Crippen LogP contribution in [0.15, 0.2) is 18.2 Å². The number of likely N-dealkylation sites (N-methyl/N-ethyl adjacent to an activating group) is 2. The highest BCUT2D eigenvalue weighted by Gasteiger charge is 2.13. The zero-order valence-corrected chi connectivity index (χ0v) is 12.3. The van der Waals surface area contributed by atoms with Gasteiger partial charge in [-0.2, -0.15) is 0 Å². The van der Waals surface area contributed by atoms with E-state index in [9.17, 15) is 14.0 Å². The van der Waals surface area contributed by atoms with Crippen LogP contribution in [-0.2, 0) is 9.59 Å². The summed E-state index contributed by atoms with van der Waals surface area (Å²) >= 11 is 0.